The van der Waals surface area contributed by atoms with E-state index >= 15 is 0 Å². The Hall–Kier alpha value is -0.770. The molecule has 0 fully saturated rings. The zero-order valence-electron chi connectivity index (χ0n) is 6.87. The number of rotatable bonds is 5. The molecule has 0 amide bonds. The number of carboxylic acid groups (broad SMARTS) is 1. The monoisotopic (exact) mass is 162 g/mol. The standard InChI is InChI=1S/C7H14O4/c1-3-6(10-4-2)5-11-7(8)9/h6H,3-5H2,1-2H3,(H,8,9). The molecule has 4 heteroatoms. The Bertz CT molecular complexity index is 113. The third-order valence-electron chi connectivity index (χ3n) is 1.25. The Balaban J connectivity index is 3.43. The second-order valence-electron chi connectivity index (χ2n) is 2.06. The van der Waals surface area contributed by atoms with Gasteiger partial charge in [-0.2, -0.15) is 0 Å². The van der Waals surface area contributed by atoms with E-state index in [1.165, 1.54) is 0 Å². The summed E-state index contributed by atoms with van der Waals surface area (Å²) < 4.78 is 9.49. The van der Waals surface area contributed by atoms with Crippen LogP contribution in [-0.2, 0) is 9.47 Å². The Labute approximate surface area is 66.1 Å². The molecule has 66 valence electrons. The van der Waals surface area contributed by atoms with Crippen molar-refractivity contribution < 1.29 is 19.4 Å². The molecule has 0 rings (SSSR count). The first-order valence-corrected chi connectivity index (χ1v) is 3.68. The van der Waals surface area contributed by atoms with Crippen molar-refractivity contribution >= 4 is 6.16 Å². The van der Waals surface area contributed by atoms with Crippen LogP contribution in [-0.4, -0.2) is 30.6 Å². The van der Waals surface area contributed by atoms with Gasteiger partial charge in [0.05, 0.1) is 6.10 Å². The fourth-order valence-corrected chi connectivity index (χ4v) is 0.684. The van der Waals surface area contributed by atoms with Gasteiger partial charge in [-0.3, -0.25) is 0 Å². The fraction of sp³-hybridized carbons (Fsp3) is 0.857. The smallest absolute Gasteiger partial charge is 0.450 e. The number of carbonyl (C=O) groups is 1. The van der Waals surface area contributed by atoms with Gasteiger partial charge in [0.2, 0.25) is 0 Å². The Kier molecular flexibility index (Phi) is 5.56. The Morgan fingerprint density at radius 2 is 2.18 bits per heavy atom. The van der Waals surface area contributed by atoms with Crippen molar-refractivity contribution in [3.05, 3.63) is 0 Å². The lowest BCUT2D eigenvalue weighted by Crippen LogP contribution is -2.20. The topological polar surface area (TPSA) is 55.8 Å². The molecule has 0 spiro atoms. The molecule has 0 aliphatic carbocycles. The zero-order chi connectivity index (χ0) is 8.69. The lowest BCUT2D eigenvalue weighted by molar-refractivity contribution is -0.00369. The van der Waals surface area contributed by atoms with Crippen LogP contribution < -0.4 is 0 Å². The lowest BCUT2D eigenvalue weighted by atomic mass is 10.3. The van der Waals surface area contributed by atoms with Gasteiger partial charge in [0.15, 0.2) is 0 Å². The van der Waals surface area contributed by atoms with E-state index in [2.05, 4.69) is 4.74 Å². The van der Waals surface area contributed by atoms with E-state index in [0.717, 1.165) is 6.42 Å². The highest BCUT2D eigenvalue weighted by Gasteiger charge is 2.07. The Morgan fingerprint density at radius 1 is 1.55 bits per heavy atom. The van der Waals surface area contributed by atoms with E-state index in [-0.39, 0.29) is 12.7 Å². The van der Waals surface area contributed by atoms with Crippen LogP contribution in [0.2, 0.25) is 0 Å². The summed E-state index contributed by atoms with van der Waals surface area (Å²) >= 11 is 0. The van der Waals surface area contributed by atoms with Gasteiger partial charge >= 0.3 is 6.16 Å². The normalized spacial score (nSPS) is 12.5. The van der Waals surface area contributed by atoms with Gasteiger partial charge < -0.3 is 14.6 Å². The van der Waals surface area contributed by atoms with E-state index in [0.29, 0.717) is 6.61 Å². The summed E-state index contributed by atoms with van der Waals surface area (Å²) in [6.07, 6.45) is -0.583. The van der Waals surface area contributed by atoms with E-state index in [9.17, 15) is 4.79 Å². The maximum atomic E-state index is 9.95. The molecule has 1 unspecified atom stereocenters. The predicted octanol–water partition coefficient (Wildman–Crippen LogP) is 1.50. The van der Waals surface area contributed by atoms with Crippen molar-refractivity contribution in [3.63, 3.8) is 0 Å². The van der Waals surface area contributed by atoms with Crippen LogP contribution in [0.5, 0.6) is 0 Å². The van der Waals surface area contributed by atoms with Crippen LogP contribution in [0.15, 0.2) is 0 Å². The molecule has 0 heterocycles. The second kappa shape index (κ2) is 5.97. The second-order valence-corrected chi connectivity index (χ2v) is 2.06. The van der Waals surface area contributed by atoms with E-state index < -0.39 is 6.16 Å². The summed E-state index contributed by atoms with van der Waals surface area (Å²) in [4.78, 5) is 9.95. The first-order valence-electron chi connectivity index (χ1n) is 3.68. The van der Waals surface area contributed by atoms with E-state index in [1.54, 1.807) is 0 Å². The molecule has 4 nitrogen and oxygen atoms in total. The molecule has 0 aliphatic heterocycles. The van der Waals surface area contributed by atoms with E-state index in [1.807, 2.05) is 13.8 Å². The molecule has 0 bridgehead atoms. The van der Waals surface area contributed by atoms with Crippen molar-refractivity contribution in [1.29, 1.82) is 0 Å². The summed E-state index contributed by atoms with van der Waals surface area (Å²) in [5.74, 6) is 0. The van der Waals surface area contributed by atoms with Crippen molar-refractivity contribution in [3.8, 4) is 0 Å². The highest BCUT2D eigenvalue weighted by molar-refractivity contribution is 5.56. The highest BCUT2D eigenvalue weighted by Crippen LogP contribution is 1.98. The van der Waals surface area contributed by atoms with Crippen LogP contribution in [0.25, 0.3) is 0 Å². The minimum absolute atomic E-state index is 0.101. The summed E-state index contributed by atoms with van der Waals surface area (Å²) in [6.45, 7) is 4.50. The van der Waals surface area contributed by atoms with Crippen LogP contribution in [0.4, 0.5) is 4.79 Å². The first kappa shape index (κ1) is 10.2. The molecule has 0 saturated heterocycles. The van der Waals surface area contributed by atoms with Crippen molar-refractivity contribution in [2.75, 3.05) is 13.2 Å². The van der Waals surface area contributed by atoms with Crippen molar-refractivity contribution in [1.82, 2.24) is 0 Å². The molecule has 0 saturated carbocycles. The summed E-state index contributed by atoms with van der Waals surface area (Å²) in [5.41, 5.74) is 0. The molecule has 0 radical (unpaired) electrons. The molecule has 1 atom stereocenters. The van der Waals surface area contributed by atoms with Crippen molar-refractivity contribution in [2.24, 2.45) is 0 Å². The minimum atomic E-state index is -1.25. The van der Waals surface area contributed by atoms with Crippen LogP contribution in [0.3, 0.4) is 0 Å². The third kappa shape index (κ3) is 5.66. The molecule has 0 aromatic carbocycles. The van der Waals surface area contributed by atoms with Crippen LogP contribution in [0.1, 0.15) is 20.3 Å². The molecule has 0 aromatic heterocycles. The molecule has 11 heavy (non-hydrogen) atoms. The average molecular weight is 162 g/mol. The molecular formula is C7H14O4. The molecule has 0 aliphatic rings. The highest BCUT2D eigenvalue weighted by atomic mass is 16.7. The van der Waals surface area contributed by atoms with Gasteiger partial charge in [-0.1, -0.05) is 6.92 Å². The van der Waals surface area contributed by atoms with Crippen LogP contribution >= 0.6 is 0 Å². The zero-order valence-corrected chi connectivity index (χ0v) is 6.87. The van der Waals surface area contributed by atoms with Gasteiger partial charge in [-0.25, -0.2) is 4.79 Å². The van der Waals surface area contributed by atoms with Gasteiger partial charge in [0, 0.05) is 6.61 Å². The molecule has 1 N–H and O–H groups in total. The maximum absolute atomic E-state index is 9.95. The predicted molar refractivity (Wildman–Crippen MR) is 39.7 cm³/mol. The molecule has 0 aromatic rings. The van der Waals surface area contributed by atoms with Crippen LogP contribution in [0, 0.1) is 0 Å². The first-order chi connectivity index (χ1) is 5.20. The summed E-state index contributed by atoms with van der Waals surface area (Å²) in [6, 6.07) is 0. The van der Waals surface area contributed by atoms with E-state index in [4.69, 9.17) is 9.84 Å². The lowest BCUT2D eigenvalue weighted by Gasteiger charge is -2.12. The number of hydrogen-bond acceptors (Lipinski definition) is 3. The Morgan fingerprint density at radius 3 is 2.55 bits per heavy atom. The average Bonchev–Trinajstić information content (AvgIpc) is 1.97. The minimum Gasteiger partial charge on any atom is -0.450 e. The van der Waals surface area contributed by atoms with Gasteiger partial charge in [0.1, 0.15) is 6.61 Å². The number of ether oxygens (including phenoxy) is 2. The quantitative estimate of drug-likeness (QED) is 0.622. The number of hydrogen-bond donors (Lipinski definition) is 1. The fourth-order valence-electron chi connectivity index (χ4n) is 0.684. The molecular weight excluding hydrogens is 148 g/mol. The summed E-state index contributed by atoms with van der Waals surface area (Å²) in [5, 5.41) is 8.15. The SMILES string of the molecule is CCOC(CC)COC(=O)O. The van der Waals surface area contributed by atoms with Gasteiger partial charge in [0.25, 0.3) is 0 Å². The largest absolute Gasteiger partial charge is 0.505 e. The maximum Gasteiger partial charge on any atom is 0.505 e. The third-order valence-corrected chi connectivity index (χ3v) is 1.25. The van der Waals surface area contributed by atoms with Gasteiger partial charge in [-0.05, 0) is 13.3 Å². The van der Waals surface area contributed by atoms with Gasteiger partial charge in [-0.15, -0.1) is 0 Å². The summed E-state index contributed by atoms with van der Waals surface area (Å²) in [7, 11) is 0. The van der Waals surface area contributed by atoms with Crippen molar-refractivity contribution in [2.45, 2.75) is 26.4 Å².